The molecule has 8 heteroatoms. The van der Waals surface area contributed by atoms with Crippen molar-refractivity contribution in [3.63, 3.8) is 0 Å². The fraction of sp³-hybridized carbons (Fsp3) is 0.286. The molecule has 0 spiro atoms. The highest BCUT2D eigenvalue weighted by molar-refractivity contribution is 5.91. The van der Waals surface area contributed by atoms with Gasteiger partial charge in [-0.3, -0.25) is 9.59 Å². The molecule has 0 fully saturated rings. The summed E-state index contributed by atoms with van der Waals surface area (Å²) < 4.78 is 19.1. The molecule has 0 bridgehead atoms. The Balaban J connectivity index is 1.74. The van der Waals surface area contributed by atoms with Crippen LogP contribution in [0.5, 0.6) is 0 Å². The van der Waals surface area contributed by atoms with Crippen LogP contribution in [-0.4, -0.2) is 42.7 Å². The Hall–Kier alpha value is -3.10. The Morgan fingerprint density at radius 1 is 1.28 bits per heavy atom. The van der Waals surface area contributed by atoms with Crippen LogP contribution in [0.2, 0.25) is 0 Å². The molecule has 1 aromatic heterocycles. The molecule has 7 nitrogen and oxygen atoms in total. The summed E-state index contributed by atoms with van der Waals surface area (Å²) in [4.78, 5) is 32.8. The number of carbonyl (C=O) groups excluding carboxylic acids is 1. The molecule has 3 N–H and O–H groups in total. The lowest BCUT2D eigenvalue weighted by Gasteiger charge is -2.18. The number of hydrogen-bond acceptors (Lipinski definition) is 4. The minimum Gasteiger partial charge on any atom is -0.379 e. The molecule has 0 aliphatic rings. The van der Waals surface area contributed by atoms with Crippen LogP contribution in [0, 0.1) is 12.7 Å². The number of methoxy groups -OCH3 is 1. The number of carbonyl (C=O) groups is 1. The SMILES string of the molecule is COCC[NH+](CC(=O)Nc1ccc(C)cc1F)Cc1nc2ccccc2c(=O)[nH]1. The van der Waals surface area contributed by atoms with Gasteiger partial charge < -0.3 is 19.9 Å². The van der Waals surface area contributed by atoms with Crippen LogP contribution in [0.15, 0.2) is 47.3 Å². The van der Waals surface area contributed by atoms with Crippen LogP contribution < -0.4 is 15.8 Å². The molecular formula is C21H24FN4O3+. The number of quaternary nitrogens is 1. The number of aromatic amines is 1. The summed E-state index contributed by atoms with van der Waals surface area (Å²) in [5.41, 5.74) is 1.30. The van der Waals surface area contributed by atoms with Gasteiger partial charge in [-0.2, -0.15) is 0 Å². The molecule has 1 unspecified atom stereocenters. The smallest absolute Gasteiger partial charge is 0.279 e. The maximum Gasteiger partial charge on any atom is 0.279 e. The highest BCUT2D eigenvalue weighted by Gasteiger charge is 2.18. The molecule has 3 aromatic rings. The summed E-state index contributed by atoms with van der Waals surface area (Å²) in [6.07, 6.45) is 0. The Morgan fingerprint density at radius 3 is 2.83 bits per heavy atom. The molecule has 0 radical (unpaired) electrons. The van der Waals surface area contributed by atoms with E-state index in [0.29, 0.717) is 36.4 Å². The summed E-state index contributed by atoms with van der Waals surface area (Å²) in [6, 6.07) is 11.7. The van der Waals surface area contributed by atoms with E-state index in [2.05, 4.69) is 15.3 Å². The van der Waals surface area contributed by atoms with Crippen LogP contribution in [0.1, 0.15) is 11.4 Å². The summed E-state index contributed by atoms with van der Waals surface area (Å²) in [5, 5.41) is 3.12. The van der Waals surface area contributed by atoms with Gasteiger partial charge in [0.15, 0.2) is 12.4 Å². The van der Waals surface area contributed by atoms with Gasteiger partial charge in [0.05, 0.1) is 23.2 Å². The van der Waals surface area contributed by atoms with Crippen molar-refractivity contribution in [1.29, 1.82) is 0 Å². The fourth-order valence-corrected chi connectivity index (χ4v) is 3.08. The second kappa shape index (κ2) is 9.40. The van der Waals surface area contributed by atoms with Crippen LogP contribution in [0.25, 0.3) is 10.9 Å². The molecule has 0 saturated heterocycles. The Morgan fingerprint density at radius 2 is 2.07 bits per heavy atom. The van der Waals surface area contributed by atoms with E-state index in [1.54, 1.807) is 44.4 Å². The van der Waals surface area contributed by atoms with Crippen LogP contribution in [-0.2, 0) is 16.1 Å². The predicted octanol–water partition coefficient (Wildman–Crippen LogP) is 1.04. The zero-order valence-corrected chi connectivity index (χ0v) is 16.4. The number of aryl methyl sites for hydroxylation is 1. The zero-order chi connectivity index (χ0) is 20.8. The first-order valence-electron chi connectivity index (χ1n) is 9.32. The molecule has 29 heavy (non-hydrogen) atoms. The van der Waals surface area contributed by atoms with Gasteiger partial charge in [-0.15, -0.1) is 0 Å². The lowest BCUT2D eigenvalue weighted by Crippen LogP contribution is -3.12. The molecule has 3 rings (SSSR count). The normalized spacial score (nSPS) is 12.1. The molecule has 152 valence electrons. The average Bonchev–Trinajstić information content (AvgIpc) is 2.68. The molecule has 1 amide bonds. The van der Waals surface area contributed by atoms with E-state index in [1.165, 1.54) is 6.07 Å². The summed E-state index contributed by atoms with van der Waals surface area (Å²) in [7, 11) is 1.58. The van der Waals surface area contributed by atoms with E-state index in [0.717, 1.165) is 10.5 Å². The number of anilines is 1. The largest absolute Gasteiger partial charge is 0.379 e. The molecule has 0 aliphatic heterocycles. The highest BCUT2D eigenvalue weighted by atomic mass is 19.1. The summed E-state index contributed by atoms with van der Waals surface area (Å²) >= 11 is 0. The summed E-state index contributed by atoms with van der Waals surface area (Å²) in [6.45, 7) is 3.14. The monoisotopic (exact) mass is 399 g/mol. The van der Waals surface area contributed by atoms with Crippen molar-refractivity contribution in [1.82, 2.24) is 9.97 Å². The van der Waals surface area contributed by atoms with E-state index in [9.17, 15) is 14.0 Å². The number of fused-ring (bicyclic) bond motifs is 1. The number of H-pyrrole nitrogens is 1. The molecule has 0 aliphatic carbocycles. The van der Waals surface area contributed by atoms with Crippen LogP contribution >= 0.6 is 0 Å². The third kappa shape index (κ3) is 5.46. The topological polar surface area (TPSA) is 88.5 Å². The van der Waals surface area contributed by atoms with Crippen molar-refractivity contribution in [2.45, 2.75) is 13.5 Å². The van der Waals surface area contributed by atoms with Crippen LogP contribution in [0.4, 0.5) is 10.1 Å². The number of benzene rings is 2. The van der Waals surface area contributed by atoms with Gasteiger partial charge in [0, 0.05) is 7.11 Å². The third-order valence-corrected chi connectivity index (χ3v) is 4.55. The standard InChI is InChI=1S/C21H23FN4O3/c1-14-7-8-18(16(22)11-14)24-20(27)13-26(9-10-29-2)12-19-23-17-6-4-3-5-15(17)21(28)25-19/h3-8,11H,9-10,12-13H2,1-2H3,(H,24,27)(H,23,25,28)/p+1. The van der Waals surface area contributed by atoms with Gasteiger partial charge in [-0.05, 0) is 36.8 Å². The number of amides is 1. The highest BCUT2D eigenvalue weighted by Crippen LogP contribution is 2.14. The van der Waals surface area contributed by atoms with E-state index >= 15 is 0 Å². The van der Waals surface area contributed by atoms with E-state index in [1.807, 2.05) is 6.07 Å². The number of ether oxygens (including phenoxy) is 1. The van der Waals surface area contributed by atoms with Crippen molar-refractivity contribution >= 4 is 22.5 Å². The van der Waals surface area contributed by atoms with Gasteiger partial charge in [0.25, 0.3) is 11.5 Å². The maximum absolute atomic E-state index is 14.0. The van der Waals surface area contributed by atoms with Gasteiger partial charge in [-0.1, -0.05) is 18.2 Å². The van der Waals surface area contributed by atoms with Gasteiger partial charge >= 0.3 is 0 Å². The fourth-order valence-electron chi connectivity index (χ4n) is 3.08. The molecule has 2 aromatic carbocycles. The molecular weight excluding hydrogens is 375 g/mol. The number of hydrogen-bond donors (Lipinski definition) is 3. The van der Waals surface area contributed by atoms with Gasteiger partial charge in [-0.25, -0.2) is 9.37 Å². The van der Waals surface area contributed by atoms with E-state index < -0.39 is 5.82 Å². The first-order chi connectivity index (χ1) is 14.0. The molecule has 1 atom stereocenters. The van der Waals surface area contributed by atoms with Crippen molar-refractivity contribution in [3.8, 4) is 0 Å². The lowest BCUT2D eigenvalue weighted by atomic mass is 10.2. The number of aromatic nitrogens is 2. The molecule has 0 saturated carbocycles. The van der Waals surface area contributed by atoms with Gasteiger partial charge in [0.2, 0.25) is 0 Å². The van der Waals surface area contributed by atoms with Crippen molar-refractivity contribution in [3.05, 3.63) is 70.0 Å². The average molecular weight is 399 g/mol. The number of rotatable bonds is 8. The predicted molar refractivity (Wildman–Crippen MR) is 108 cm³/mol. The number of para-hydroxylation sites is 1. The van der Waals surface area contributed by atoms with Crippen LogP contribution in [0.3, 0.4) is 0 Å². The number of nitrogens with zero attached hydrogens (tertiary/aromatic N) is 1. The van der Waals surface area contributed by atoms with Gasteiger partial charge in [0.1, 0.15) is 18.9 Å². The van der Waals surface area contributed by atoms with Crippen molar-refractivity contribution in [2.75, 3.05) is 32.1 Å². The Kier molecular flexibility index (Phi) is 6.69. The summed E-state index contributed by atoms with van der Waals surface area (Å²) in [5.74, 6) is -0.326. The van der Waals surface area contributed by atoms with E-state index in [-0.39, 0.29) is 23.7 Å². The Labute approximate surface area is 167 Å². The second-order valence-corrected chi connectivity index (χ2v) is 6.91. The quantitative estimate of drug-likeness (QED) is 0.528. The zero-order valence-electron chi connectivity index (χ0n) is 16.4. The van der Waals surface area contributed by atoms with E-state index in [4.69, 9.17) is 4.74 Å². The maximum atomic E-state index is 14.0. The minimum atomic E-state index is -0.475. The second-order valence-electron chi connectivity index (χ2n) is 6.91. The number of halogens is 1. The third-order valence-electron chi connectivity index (χ3n) is 4.55. The van der Waals surface area contributed by atoms with Crippen molar-refractivity contribution < 1.29 is 18.8 Å². The number of nitrogens with one attached hydrogen (secondary N) is 3. The Bertz CT molecular complexity index is 1070. The minimum absolute atomic E-state index is 0.0766. The first-order valence-corrected chi connectivity index (χ1v) is 9.32. The van der Waals surface area contributed by atoms with Crippen molar-refractivity contribution in [2.24, 2.45) is 0 Å². The first kappa shape index (κ1) is 20.6. The molecule has 1 heterocycles. The lowest BCUT2D eigenvalue weighted by molar-refractivity contribution is -0.906.